The molecule has 2 atom stereocenters. The summed E-state index contributed by atoms with van der Waals surface area (Å²) in [7, 11) is 0. The number of nitrogens with one attached hydrogen (secondary N) is 2. The van der Waals surface area contributed by atoms with Crippen molar-refractivity contribution in [3.8, 4) is 0 Å². The minimum atomic E-state index is -0.672. The number of hydrogen-bond donors (Lipinski definition) is 2. The molecule has 0 spiro atoms. The molecular weight excluding hydrogens is 410 g/mol. The van der Waals surface area contributed by atoms with Gasteiger partial charge in [-0.2, -0.15) is 0 Å². The zero-order valence-electron chi connectivity index (χ0n) is 14.7. The van der Waals surface area contributed by atoms with E-state index in [2.05, 4.69) is 26.2 Å². The number of halogens is 1. The molecule has 138 valence electrons. The molecule has 27 heavy (non-hydrogen) atoms. The summed E-state index contributed by atoms with van der Waals surface area (Å²) >= 11 is 3.45. The number of H-pyrrole nitrogens is 1. The van der Waals surface area contributed by atoms with E-state index in [9.17, 15) is 14.4 Å². The fourth-order valence-corrected chi connectivity index (χ4v) is 4.35. The van der Waals surface area contributed by atoms with E-state index in [1.807, 2.05) is 43.3 Å². The van der Waals surface area contributed by atoms with Gasteiger partial charge in [-0.15, -0.1) is 0 Å². The van der Waals surface area contributed by atoms with Crippen LogP contribution in [0.15, 0.2) is 56.5 Å². The Hall–Kier alpha value is -2.67. The number of anilines is 1. The molecule has 1 amide bonds. The normalized spacial score (nSPS) is 18.4. The van der Waals surface area contributed by atoms with Crippen LogP contribution >= 0.6 is 15.9 Å². The number of aromatic nitrogens is 2. The van der Waals surface area contributed by atoms with Gasteiger partial charge in [-0.1, -0.05) is 41.1 Å². The molecule has 2 aromatic carbocycles. The van der Waals surface area contributed by atoms with Crippen molar-refractivity contribution in [3.05, 3.63) is 73.2 Å². The van der Waals surface area contributed by atoms with Crippen molar-refractivity contribution < 1.29 is 4.79 Å². The summed E-state index contributed by atoms with van der Waals surface area (Å²) in [5, 5.41) is 2.86. The highest BCUT2D eigenvalue weighted by Gasteiger charge is 2.31. The summed E-state index contributed by atoms with van der Waals surface area (Å²) in [6.07, 6.45) is 0.856. The second-order valence-electron chi connectivity index (χ2n) is 6.96. The lowest BCUT2D eigenvalue weighted by Gasteiger charge is -2.32. The molecule has 0 fully saturated rings. The summed E-state index contributed by atoms with van der Waals surface area (Å²) in [5.74, 6) is -0.144. The van der Waals surface area contributed by atoms with Crippen LogP contribution in [-0.4, -0.2) is 15.5 Å². The van der Waals surface area contributed by atoms with Crippen LogP contribution in [0, 0.1) is 5.92 Å². The van der Waals surface area contributed by atoms with Gasteiger partial charge in [0.1, 0.15) is 0 Å². The first-order valence-corrected chi connectivity index (χ1v) is 9.55. The second kappa shape index (κ2) is 6.81. The van der Waals surface area contributed by atoms with Crippen LogP contribution < -0.4 is 16.4 Å². The van der Waals surface area contributed by atoms with Gasteiger partial charge in [-0.25, -0.2) is 0 Å². The van der Waals surface area contributed by atoms with Crippen LogP contribution in [0.1, 0.15) is 24.9 Å². The fourth-order valence-electron chi connectivity index (χ4n) is 3.85. The van der Waals surface area contributed by atoms with Gasteiger partial charge in [-0.3, -0.25) is 19.0 Å². The molecule has 7 heteroatoms. The largest absolute Gasteiger partial charge is 0.326 e. The van der Waals surface area contributed by atoms with Gasteiger partial charge in [0.15, 0.2) is 0 Å². The second-order valence-corrected chi connectivity index (χ2v) is 7.87. The lowest BCUT2D eigenvalue weighted by Crippen LogP contribution is -2.43. The summed E-state index contributed by atoms with van der Waals surface area (Å²) in [5.41, 5.74) is 1.71. The highest BCUT2D eigenvalue weighted by molar-refractivity contribution is 9.10. The predicted octanol–water partition coefficient (Wildman–Crippen LogP) is 3.21. The molecule has 1 aliphatic rings. The molecule has 0 bridgehead atoms. The van der Waals surface area contributed by atoms with E-state index in [1.54, 1.807) is 6.07 Å². The lowest BCUT2D eigenvalue weighted by molar-refractivity contribution is -0.117. The summed E-state index contributed by atoms with van der Waals surface area (Å²) < 4.78 is 2.35. The van der Waals surface area contributed by atoms with Crippen molar-refractivity contribution in [1.82, 2.24) is 9.55 Å². The third kappa shape index (κ3) is 3.23. The number of nitrogens with zero attached hydrogens (tertiary/aromatic N) is 1. The molecule has 0 saturated carbocycles. The Morgan fingerprint density at radius 3 is 2.74 bits per heavy atom. The molecular formula is C20H18BrN3O3. The molecule has 0 aliphatic carbocycles. The maximum Gasteiger partial charge on any atom is 0.317 e. The van der Waals surface area contributed by atoms with Gasteiger partial charge in [0.05, 0.1) is 11.0 Å². The Bertz CT molecular complexity index is 1150. The Labute approximate surface area is 163 Å². The van der Waals surface area contributed by atoms with Gasteiger partial charge in [0.25, 0.3) is 0 Å². The average Bonchev–Trinajstić information content (AvgIpc) is 2.62. The predicted molar refractivity (Wildman–Crippen MR) is 108 cm³/mol. The Morgan fingerprint density at radius 2 is 2.00 bits per heavy atom. The quantitative estimate of drug-likeness (QED) is 0.629. The van der Waals surface area contributed by atoms with Gasteiger partial charge in [0.2, 0.25) is 5.91 Å². The first-order valence-electron chi connectivity index (χ1n) is 8.76. The van der Waals surface area contributed by atoms with E-state index >= 15 is 0 Å². The minimum Gasteiger partial charge on any atom is -0.326 e. The molecule has 0 radical (unpaired) electrons. The maximum atomic E-state index is 12.7. The standard InChI is InChI=1S/C20H18BrN3O3/c1-11-7-12-8-13(21)9-15-18(12)24(20(27)19(26)23-15)16(11)10-17(25)22-14-5-3-2-4-6-14/h2-6,8-9,11,16H,7,10H2,1H3,(H,22,25)(H,23,26)/t11-,16+/m0/s1. The van der Waals surface area contributed by atoms with E-state index < -0.39 is 11.1 Å². The van der Waals surface area contributed by atoms with Gasteiger partial charge in [-0.05, 0) is 42.2 Å². The van der Waals surface area contributed by atoms with E-state index in [-0.39, 0.29) is 24.3 Å². The van der Waals surface area contributed by atoms with Crippen molar-refractivity contribution in [3.63, 3.8) is 0 Å². The molecule has 1 aromatic heterocycles. The van der Waals surface area contributed by atoms with Crippen molar-refractivity contribution in [2.75, 3.05) is 5.32 Å². The lowest BCUT2D eigenvalue weighted by atomic mass is 9.87. The van der Waals surface area contributed by atoms with Crippen LogP contribution in [-0.2, 0) is 11.2 Å². The third-order valence-electron chi connectivity index (χ3n) is 5.04. The SMILES string of the molecule is C[C@H]1Cc2cc(Br)cc3[nH]c(=O)c(=O)n(c23)[C@@H]1CC(=O)Nc1ccccc1. The molecule has 3 aromatic rings. The number of hydrogen-bond acceptors (Lipinski definition) is 3. The molecule has 0 unspecified atom stereocenters. The zero-order chi connectivity index (χ0) is 19.1. The van der Waals surface area contributed by atoms with Gasteiger partial charge < -0.3 is 10.3 Å². The summed E-state index contributed by atoms with van der Waals surface area (Å²) in [6, 6.07) is 12.6. The number of para-hydroxylation sites is 1. The van der Waals surface area contributed by atoms with Crippen molar-refractivity contribution in [2.45, 2.75) is 25.8 Å². The van der Waals surface area contributed by atoms with Gasteiger partial charge >= 0.3 is 11.1 Å². The van der Waals surface area contributed by atoms with Crippen LogP contribution in [0.5, 0.6) is 0 Å². The number of rotatable bonds is 3. The Morgan fingerprint density at radius 1 is 1.26 bits per heavy atom. The number of aromatic amines is 1. The Kier molecular flexibility index (Phi) is 4.47. The van der Waals surface area contributed by atoms with E-state index in [0.29, 0.717) is 16.7 Å². The number of carbonyl (C=O) groups is 1. The van der Waals surface area contributed by atoms with Gasteiger partial charge in [0, 0.05) is 22.6 Å². The molecule has 2 N–H and O–H groups in total. The Balaban J connectivity index is 1.77. The molecule has 1 aliphatic heterocycles. The van der Waals surface area contributed by atoms with E-state index in [4.69, 9.17) is 0 Å². The summed E-state index contributed by atoms with van der Waals surface area (Å²) in [6.45, 7) is 2.00. The highest BCUT2D eigenvalue weighted by atomic mass is 79.9. The number of carbonyl (C=O) groups excluding carboxylic acids is 1. The molecule has 2 heterocycles. The van der Waals surface area contributed by atoms with Crippen LogP contribution in [0.4, 0.5) is 5.69 Å². The zero-order valence-corrected chi connectivity index (χ0v) is 16.2. The van der Waals surface area contributed by atoms with Crippen molar-refractivity contribution in [1.29, 1.82) is 0 Å². The van der Waals surface area contributed by atoms with Crippen molar-refractivity contribution in [2.24, 2.45) is 5.92 Å². The van der Waals surface area contributed by atoms with Crippen molar-refractivity contribution >= 4 is 38.6 Å². The monoisotopic (exact) mass is 427 g/mol. The smallest absolute Gasteiger partial charge is 0.317 e. The highest BCUT2D eigenvalue weighted by Crippen LogP contribution is 2.35. The number of benzene rings is 2. The maximum absolute atomic E-state index is 12.7. The molecule has 0 saturated heterocycles. The average molecular weight is 428 g/mol. The third-order valence-corrected chi connectivity index (χ3v) is 5.50. The molecule has 6 nitrogen and oxygen atoms in total. The topological polar surface area (TPSA) is 84.0 Å². The number of amides is 1. The van der Waals surface area contributed by atoms with E-state index in [0.717, 1.165) is 16.5 Å². The molecule has 4 rings (SSSR count). The van der Waals surface area contributed by atoms with Crippen LogP contribution in [0.25, 0.3) is 11.0 Å². The fraction of sp³-hybridized carbons (Fsp3) is 0.250. The van der Waals surface area contributed by atoms with E-state index in [1.165, 1.54) is 4.57 Å². The minimum absolute atomic E-state index is 0.0380. The van der Waals surface area contributed by atoms with Crippen LogP contribution in [0.3, 0.4) is 0 Å². The first kappa shape index (κ1) is 17.7. The summed E-state index contributed by atoms with van der Waals surface area (Å²) in [4.78, 5) is 40.1. The first-order chi connectivity index (χ1) is 12.9. The van der Waals surface area contributed by atoms with Crippen LogP contribution in [0.2, 0.25) is 0 Å².